The molecule has 1 heterocycles. The van der Waals surface area contributed by atoms with Crippen molar-refractivity contribution < 1.29 is 14.6 Å². The average molecular weight is 355 g/mol. The summed E-state index contributed by atoms with van der Waals surface area (Å²) in [6.45, 7) is 0.709. The molecule has 0 spiro atoms. The predicted octanol–water partition coefficient (Wildman–Crippen LogP) is 1.30. The number of rotatable bonds is 6. The number of halogens is 1. The summed E-state index contributed by atoms with van der Waals surface area (Å²) in [5.74, 6) is -0.387. The van der Waals surface area contributed by atoms with Crippen LogP contribution < -0.4 is 10.5 Å². The summed E-state index contributed by atoms with van der Waals surface area (Å²) in [7, 11) is 1.59. The van der Waals surface area contributed by atoms with Crippen LogP contribution in [0.15, 0.2) is 22.7 Å². The number of ether oxygens (including phenoxy) is 1. The molecule has 0 saturated heterocycles. The van der Waals surface area contributed by atoms with Gasteiger partial charge in [-0.3, -0.25) is 0 Å². The number of nitrogens with two attached hydrogens (primary N) is 1. The molecule has 0 saturated carbocycles. The first-order valence-corrected chi connectivity index (χ1v) is 7.04. The van der Waals surface area contributed by atoms with Crippen molar-refractivity contribution in [3.8, 4) is 5.75 Å². The average Bonchev–Trinajstić information content (AvgIpc) is 2.85. The Kier molecular flexibility index (Phi) is 4.92. The molecular formula is C13H15BrN4O3. The van der Waals surface area contributed by atoms with Crippen LogP contribution in [0.3, 0.4) is 0 Å². The third-order valence-electron chi connectivity index (χ3n) is 2.99. The number of methoxy groups -OCH3 is 1. The van der Waals surface area contributed by atoms with Crippen molar-refractivity contribution in [2.75, 3.05) is 13.7 Å². The molecular weight excluding hydrogens is 340 g/mol. The molecule has 0 aliphatic carbocycles. The number of nitrogens with zero attached hydrogens (tertiary/aromatic N) is 3. The third-order valence-corrected chi connectivity index (χ3v) is 3.77. The Morgan fingerprint density at radius 3 is 2.90 bits per heavy atom. The summed E-state index contributed by atoms with van der Waals surface area (Å²) in [4.78, 5) is 11.1. The van der Waals surface area contributed by atoms with Crippen molar-refractivity contribution in [1.29, 1.82) is 0 Å². The van der Waals surface area contributed by atoms with E-state index in [2.05, 4.69) is 26.2 Å². The second kappa shape index (κ2) is 6.68. The maximum absolute atomic E-state index is 11.1. The maximum Gasteiger partial charge on any atom is 0.358 e. The van der Waals surface area contributed by atoms with Crippen LogP contribution in [-0.2, 0) is 13.0 Å². The molecule has 0 atom stereocenters. The molecule has 0 aliphatic rings. The molecule has 7 nitrogen and oxygen atoms in total. The van der Waals surface area contributed by atoms with Gasteiger partial charge in [0.2, 0.25) is 0 Å². The van der Waals surface area contributed by atoms with Gasteiger partial charge in [-0.2, -0.15) is 0 Å². The number of carboxylic acids is 1. The van der Waals surface area contributed by atoms with E-state index in [9.17, 15) is 4.79 Å². The van der Waals surface area contributed by atoms with Crippen LogP contribution in [0.1, 0.15) is 21.7 Å². The van der Waals surface area contributed by atoms with Crippen molar-refractivity contribution >= 4 is 21.9 Å². The molecule has 1 aromatic carbocycles. The third kappa shape index (κ3) is 3.40. The summed E-state index contributed by atoms with van der Waals surface area (Å²) < 4.78 is 7.62. The van der Waals surface area contributed by atoms with Crippen molar-refractivity contribution in [3.63, 3.8) is 0 Å². The molecule has 1 aromatic heterocycles. The molecule has 0 unspecified atom stereocenters. The normalized spacial score (nSPS) is 10.6. The summed E-state index contributed by atoms with van der Waals surface area (Å²) in [5, 5.41) is 16.8. The zero-order chi connectivity index (χ0) is 15.4. The van der Waals surface area contributed by atoms with Gasteiger partial charge in [0.25, 0.3) is 0 Å². The molecule has 0 bridgehead atoms. The first kappa shape index (κ1) is 15.5. The minimum absolute atomic E-state index is 0.0560. The van der Waals surface area contributed by atoms with Crippen LogP contribution in [0.2, 0.25) is 0 Å². The van der Waals surface area contributed by atoms with Gasteiger partial charge in [0, 0.05) is 10.9 Å². The SMILES string of the molecule is COc1ccc(Br)c(Cn2nnc(C(=O)O)c2CCN)c1. The standard InChI is InChI=1S/C13H15BrN4O3/c1-21-9-2-3-10(14)8(6-9)7-18-11(4-5-15)12(13(19)20)16-17-18/h2-3,6H,4-5,7,15H2,1H3,(H,19,20). The second-order valence-corrected chi connectivity index (χ2v) is 5.20. The molecule has 21 heavy (non-hydrogen) atoms. The fraction of sp³-hybridized carbons (Fsp3) is 0.308. The minimum atomic E-state index is -1.10. The second-order valence-electron chi connectivity index (χ2n) is 4.34. The number of aromatic carboxylic acids is 1. The predicted molar refractivity (Wildman–Crippen MR) is 79.5 cm³/mol. The van der Waals surface area contributed by atoms with Gasteiger partial charge in [0.1, 0.15) is 5.75 Å². The maximum atomic E-state index is 11.1. The van der Waals surface area contributed by atoms with Crippen molar-refractivity contribution in [3.05, 3.63) is 39.6 Å². The Hall–Kier alpha value is -1.93. The first-order valence-electron chi connectivity index (χ1n) is 6.25. The van der Waals surface area contributed by atoms with Gasteiger partial charge >= 0.3 is 5.97 Å². The monoisotopic (exact) mass is 354 g/mol. The summed E-state index contributed by atoms with van der Waals surface area (Å²) in [5.41, 5.74) is 6.90. The number of hydrogen-bond donors (Lipinski definition) is 2. The summed E-state index contributed by atoms with van der Waals surface area (Å²) in [6.07, 6.45) is 0.399. The van der Waals surface area contributed by atoms with Crippen LogP contribution in [0.5, 0.6) is 5.75 Å². The Balaban J connectivity index is 2.37. The fourth-order valence-corrected chi connectivity index (χ4v) is 2.34. The summed E-state index contributed by atoms with van der Waals surface area (Å²) in [6, 6.07) is 5.56. The Morgan fingerprint density at radius 2 is 2.29 bits per heavy atom. The lowest BCUT2D eigenvalue weighted by Gasteiger charge is -2.09. The quantitative estimate of drug-likeness (QED) is 0.810. The van der Waals surface area contributed by atoms with Gasteiger partial charge in [-0.1, -0.05) is 21.1 Å². The lowest BCUT2D eigenvalue weighted by molar-refractivity contribution is 0.0689. The van der Waals surface area contributed by atoms with Crippen molar-refractivity contribution in [1.82, 2.24) is 15.0 Å². The van der Waals surface area contributed by atoms with Gasteiger partial charge < -0.3 is 15.6 Å². The van der Waals surface area contributed by atoms with Gasteiger partial charge in [-0.25, -0.2) is 9.48 Å². The van der Waals surface area contributed by atoms with E-state index >= 15 is 0 Å². The van der Waals surface area contributed by atoms with Crippen LogP contribution >= 0.6 is 15.9 Å². The highest BCUT2D eigenvalue weighted by atomic mass is 79.9. The van der Waals surface area contributed by atoms with Crippen molar-refractivity contribution in [2.24, 2.45) is 5.73 Å². The molecule has 2 rings (SSSR count). The molecule has 0 fully saturated rings. The van der Waals surface area contributed by atoms with E-state index in [0.29, 0.717) is 31.0 Å². The number of carbonyl (C=O) groups is 1. The Bertz CT molecular complexity index is 657. The van der Waals surface area contributed by atoms with E-state index in [-0.39, 0.29) is 5.69 Å². The van der Waals surface area contributed by atoms with Gasteiger partial charge in [0.15, 0.2) is 5.69 Å². The molecule has 8 heteroatoms. The van der Waals surface area contributed by atoms with E-state index in [1.165, 1.54) is 0 Å². The van der Waals surface area contributed by atoms with Gasteiger partial charge in [-0.05, 0) is 30.3 Å². The van der Waals surface area contributed by atoms with E-state index < -0.39 is 5.97 Å². The number of hydrogen-bond acceptors (Lipinski definition) is 5. The van der Waals surface area contributed by atoms with Crippen LogP contribution in [-0.4, -0.2) is 39.7 Å². The highest BCUT2D eigenvalue weighted by Gasteiger charge is 2.19. The van der Waals surface area contributed by atoms with E-state index in [1.807, 2.05) is 18.2 Å². The molecule has 0 amide bonds. The molecule has 2 aromatic rings. The number of carboxylic acid groups (broad SMARTS) is 1. The van der Waals surface area contributed by atoms with Gasteiger partial charge in [-0.15, -0.1) is 5.10 Å². The topological polar surface area (TPSA) is 103 Å². The fourth-order valence-electron chi connectivity index (χ4n) is 1.97. The molecule has 112 valence electrons. The van der Waals surface area contributed by atoms with Crippen LogP contribution in [0.4, 0.5) is 0 Å². The van der Waals surface area contributed by atoms with E-state index in [0.717, 1.165) is 10.0 Å². The zero-order valence-corrected chi connectivity index (χ0v) is 13.0. The number of benzene rings is 1. The highest BCUT2D eigenvalue weighted by molar-refractivity contribution is 9.10. The Labute approximate surface area is 129 Å². The number of aromatic nitrogens is 3. The van der Waals surface area contributed by atoms with E-state index in [1.54, 1.807) is 11.8 Å². The first-order chi connectivity index (χ1) is 10.1. The minimum Gasteiger partial charge on any atom is -0.497 e. The van der Waals surface area contributed by atoms with Crippen molar-refractivity contribution in [2.45, 2.75) is 13.0 Å². The van der Waals surface area contributed by atoms with E-state index in [4.69, 9.17) is 15.6 Å². The smallest absolute Gasteiger partial charge is 0.358 e. The lowest BCUT2D eigenvalue weighted by atomic mass is 10.2. The van der Waals surface area contributed by atoms with Gasteiger partial charge in [0.05, 0.1) is 19.3 Å². The molecule has 0 aliphatic heterocycles. The molecule has 3 N–H and O–H groups in total. The largest absolute Gasteiger partial charge is 0.497 e. The summed E-state index contributed by atoms with van der Waals surface area (Å²) >= 11 is 3.46. The Morgan fingerprint density at radius 1 is 1.52 bits per heavy atom. The highest BCUT2D eigenvalue weighted by Crippen LogP contribution is 2.23. The van der Waals surface area contributed by atoms with Crippen LogP contribution in [0.25, 0.3) is 0 Å². The lowest BCUT2D eigenvalue weighted by Crippen LogP contribution is -2.14. The zero-order valence-electron chi connectivity index (χ0n) is 11.4. The molecule has 0 radical (unpaired) electrons. The van der Waals surface area contributed by atoms with Crippen LogP contribution in [0, 0.1) is 0 Å².